The predicted octanol–water partition coefficient (Wildman–Crippen LogP) is 1.68. The van der Waals surface area contributed by atoms with Crippen LogP contribution in [0.15, 0.2) is 31.2 Å². The summed E-state index contributed by atoms with van der Waals surface area (Å²) in [4.78, 5) is 32.5. The largest absolute Gasteiger partial charge is 0.356 e. The Bertz CT molecular complexity index is 893. The molecule has 1 aliphatic rings. The summed E-state index contributed by atoms with van der Waals surface area (Å²) in [7, 11) is 0. The lowest BCUT2D eigenvalue weighted by molar-refractivity contribution is -0.120. The third kappa shape index (κ3) is 3.54. The molecule has 1 saturated heterocycles. The Morgan fingerprint density at radius 2 is 2.15 bits per heavy atom. The van der Waals surface area contributed by atoms with E-state index in [1.165, 1.54) is 24.0 Å². The Hall–Kier alpha value is -2.88. The Morgan fingerprint density at radius 1 is 1.27 bits per heavy atom. The number of rotatable bonds is 4. The molecular formula is C16H18N8OS. The standard InChI is InChI=1S/C16H18N8OS/c1-11-6-18-16(26-11)22-15(25)12-3-2-4-23(7-12)13-5-14(20-9-19-13)24-10-17-8-21-24/h5-6,8-10,12H,2-4,7H2,1H3,(H,18,22,25)/t12-/m0/s1. The lowest BCUT2D eigenvalue weighted by Gasteiger charge is -2.32. The maximum atomic E-state index is 12.6. The van der Waals surface area contributed by atoms with Crippen LogP contribution in [-0.4, -0.2) is 48.7 Å². The maximum Gasteiger partial charge on any atom is 0.231 e. The van der Waals surface area contributed by atoms with Gasteiger partial charge < -0.3 is 10.2 Å². The van der Waals surface area contributed by atoms with Gasteiger partial charge in [0.25, 0.3) is 0 Å². The molecule has 1 atom stereocenters. The van der Waals surface area contributed by atoms with E-state index in [1.807, 2.05) is 13.0 Å². The summed E-state index contributed by atoms with van der Waals surface area (Å²) in [5, 5.41) is 7.67. The highest BCUT2D eigenvalue weighted by Gasteiger charge is 2.27. The molecule has 10 heteroatoms. The average molecular weight is 370 g/mol. The highest BCUT2D eigenvalue weighted by Crippen LogP contribution is 2.24. The molecule has 9 nitrogen and oxygen atoms in total. The molecule has 1 amide bonds. The number of carbonyl (C=O) groups excluding carboxylic acids is 1. The van der Waals surface area contributed by atoms with Gasteiger partial charge in [-0.1, -0.05) is 0 Å². The number of aryl methyl sites for hydroxylation is 1. The van der Waals surface area contributed by atoms with E-state index in [0.29, 0.717) is 17.5 Å². The van der Waals surface area contributed by atoms with Gasteiger partial charge in [0.1, 0.15) is 24.8 Å². The SMILES string of the molecule is Cc1cnc(NC(=O)[C@H]2CCCN(c3cc(-n4cncn4)ncn3)C2)s1. The van der Waals surface area contributed by atoms with E-state index in [1.54, 1.807) is 17.2 Å². The second kappa shape index (κ2) is 7.16. The third-order valence-corrected chi connectivity index (χ3v) is 5.09. The summed E-state index contributed by atoms with van der Waals surface area (Å²) in [6.07, 6.45) is 8.11. The van der Waals surface area contributed by atoms with E-state index in [0.717, 1.165) is 30.1 Å². The van der Waals surface area contributed by atoms with Crippen molar-refractivity contribution < 1.29 is 4.79 Å². The number of carbonyl (C=O) groups is 1. The number of hydrogen-bond donors (Lipinski definition) is 1. The first kappa shape index (κ1) is 16.6. The number of aromatic nitrogens is 6. The lowest BCUT2D eigenvalue weighted by atomic mass is 9.97. The highest BCUT2D eigenvalue weighted by molar-refractivity contribution is 7.15. The lowest BCUT2D eigenvalue weighted by Crippen LogP contribution is -2.41. The Balaban J connectivity index is 1.46. The second-order valence-electron chi connectivity index (χ2n) is 6.12. The number of anilines is 2. The zero-order valence-electron chi connectivity index (χ0n) is 14.2. The summed E-state index contributed by atoms with van der Waals surface area (Å²) >= 11 is 1.48. The molecule has 3 aromatic heterocycles. The van der Waals surface area contributed by atoms with Crippen molar-refractivity contribution in [3.8, 4) is 5.82 Å². The van der Waals surface area contributed by atoms with E-state index >= 15 is 0 Å². The quantitative estimate of drug-likeness (QED) is 0.745. The average Bonchev–Trinajstić information content (AvgIpc) is 3.34. The maximum absolute atomic E-state index is 12.6. The number of hydrogen-bond acceptors (Lipinski definition) is 8. The molecule has 3 aromatic rings. The summed E-state index contributed by atoms with van der Waals surface area (Å²) in [5.41, 5.74) is 0. The van der Waals surface area contributed by atoms with Gasteiger partial charge in [-0.25, -0.2) is 24.6 Å². The minimum atomic E-state index is -0.0993. The van der Waals surface area contributed by atoms with Crippen molar-refractivity contribution in [2.24, 2.45) is 5.92 Å². The molecule has 1 aliphatic heterocycles. The van der Waals surface area contributed by atoms with Crippen molar-refractivity contribution in [1.82, 2.24) is 29.7 Å². The molecule has 1 N–H and O–H groups in total. The highest BCUT2D eigenvalue weighted by atomic mass is 32.1. The molecule has 0 aliphatic carbocycles. The van der Waals surface area contributed by atoms with E-state index in [2.05, 4.69) is 35.3 Å². The molecule has 0 spiro atoms. The predicted molar refractivity (Wildman–Crippen MR) is 97.4 cm³/mol. The van der Waals surface area contributed by atoms with Gasteiger partial charge in [-0.3, -0.25) is 4.79 Å². The minimum absolute atomic E-state index is 0.00889. The van der Waals surface area contributed by atoms with Crippen LogP contribution < -0.4 is 10.2 Å². The van der Waals surface area contributed by atoms with Crippen molar-refractivity contribution in [2.75, 3.05) is 23.3 Å². The summed E-state index contributed by atoms with van der Waals surface area (Å²) in [5.74, 6) is 1.35. The smallest absolute Gasteiger partial charge is 0.231 e. The number of thiazole rings is 1. The van der Waals surface area contributed by atoms with Crippen molar-refractivity contribution in [3.05, 3.63) is 36.1 Å². The molecule has 134 valence electrons. The molecule has 26 heavy (non-hydrogen) atoms. The number of amides is 1. The van der Waals surface area contributed by atoms with Crippen molar-refractivity contribution in [3.63, 3.8) is 0 Å². The molecule has 0 bridgehead atoms. The van der Waals surface area contributed by atoms with Crippen LogP contribution in [0, 0.1) is 12.8 Å². The van der Waals surface area contributed by atoms with Gasteiger partial charge in [-0.05, 0) is 19.8 Å². The van der Waals surface area contributed by atoms with E-state index < -0.39 is 0 Å². The van der Waals surface area contributed by atoms with Crippen LogP contribution in [0.5, 0.6) is 0 Å². The van der Waals surface area contributed by atoms with Crippen LogP contribution in [0.25, 0.3) is 5.82 Å². The zero-order valence-corrected chi connectivity index (χ0v) is 15.1. The van der Waals surface area contributed by atoms with Gasteiger partial charge in [0.2, 0.25) is 5.91 Å². The van der Waals surface area contributed by atoms with Gasteiger partial charge in [0, 0.05) is 30.2 Å². The molecule has 1 fully saturated rings. The first-order chi connectivity index (χ1) is 12.7. The van der Waals surface area contributed by atoms with Crippen LogP contribution in [-0.2, 0) is 4.79 Å². The van der Waals surface area contributed by atoms with Crippen LogP contribution in [0.4, 0.5) is 10.9 Å². The monoisotopic (exact) mass is 370 g/mol. The molecule has 0 saturated carbocycles. The van der Waals surface area contributed by atoms with Crippen LogP contribution >= 0.6 is 11.3 Å². The number of nitrogens with one attached hydrogen (secondary N) is 1. The molecule has 0 radical (unpaired) electrons. The van der Waals surface area contributed by atoms with Gasteiger partial charge in [-0.15, -0.1) is 11.3 Å². The van der Waals surface area contributed by atoms with Crippen LogP contribution in [0.1, 0.15) is 17.7 Å². The van der Waals surface area contributed by atoms with E-state index in [4.69, 9.17) is 0 Å². The second-order valence-corrected chi connectivity index (χ2v) is 7.36. The Kier molecular flexibility index (Phi) is 4.57. The first-order valence-electron chi connectivity index (χ1n) is 8.34. The summed E-state index contributed by atoms with van der Waals surface area (Å²) in [6.45, 7) is 3.44. The minimum Gasteiger partial charge on any atom is -0.356 e. The van der Waals surface area contributed by atoms with E-state index in [-0.39, 0.29) is 11.8 Å². The molecule has 4 heterocycles. The van der Waals surface area contributed by atoms with Crippen LogP contribution in [0.2, 0.25) is 0 Å². The third-order valence-electron chi connectivity index (χ3n) is 4.26. The molecular weight excluding hydrogens is 352 g/mol. The van der Waals surface area contributed by atoms with Crippen molar-refractivity contribution >= 4 is 28.2 Å². The zero-order chi connectivity index (χ0) is 17.9. The Morgan fingerprint density at radius 3 is 2.92 bits per heavy atom. The van der Waals surface area contributed by atoms with E-state index in [9.17, 15) is 4.79 Å². The fraction of sp³-hybridized carbons (Fsp3) is 0.375. The first-order valence-corrected chi connectivity index (χ1v) is 9.16. The Labute approximate surface area is 154 Å². The fourth-order valence-electron chi connectivity index (χ4n) is 2.98. The van der Waals surface area contributed by atoms with Gasteiger partial charge in [0.15, 0.2) is 10.9 Å². The molecule has 0 unspecified atom stereocenters. The molecule has 4 rings (SSSR count). The van der Waals surface area contributed by atoms with Crippen LogP contribution in [0.3, 0.4) is 0 Å². The number of nitrogens with zero attached hydrogens (tertiary/aromatic N) is 7. The summed E-state index contributed by atoms with van der Waals surface area (Å²) in [6, 6.07) is 1.86. The van der Waals surface area contributed by atoms with Crippen molar-refractivity contribution in [1.29, 1.82) is 0 Å². The van der Waals surface area contributed by atoms with Gasteiger partial charge in [0.05, 0.1) is 5.92 Å². The topological polar surface area (TPSA) is 102 Å². The molecule has 0 aromatic carbocycles. The van der Waals surface area contributed by atoms with Gasteiger partial charge in [-0.2, -0.15) is 5.10 Å². The van der Waals surface area contributed by atoms with Crippen molar-refractivity contribution in [2.45, 2.75) is 19.8 Å². The normalized spacial score (nSPS) is 17.3. The number of piperidine rings is 1. The fourth-order valence-corrected chi connectivity index (χ4v) is 3.65. The van der Waals surface area contributed by atoms with Gasteiger partial charge >= 0.3 is 0 Å². The summed E-state index contributed by atoms with van der Waals surface area (Å²) < 4.78 is 1.59.